The Balaban J connectivity index is 1.33. The summed E-state index contributed by atoms with van der Waals surface area (Å²) in [5, 5.41) is 15.7. The number of fused-ring (bicyclic) bond motifs is 3. The molecule has 13 heteroatoms. The summed E-state index contributed by atoms with van der Waals surface area (Å²) in [6.07, 6.45) is 9.19. The molecule has 0 spiro atoms. The lowest BCUT2D eigenvalue weighted by molar-refractivity contribution is -0.145. The second-order valence-electron chi connectivity index (χ2n) is 14.2. The Kier molecular flexibility index (Phi) is 10.2. The van der Waals surface area contributed by atoms with E-state index in [-0.39, 0.29) is 36.9 Å². The minimum Gasteiger partial charge on any atom is -0.479 e. The van der Waals surface area contributed by atoms with Gasteiger partial charge in [0, 0.05) is 30.3 Å². The first-order valence-corrected chi connectivity index (χ1v) is 17.3. The molecule has 51 heavy (non-hydrogen) atoms. The van der Waals surface area contributed by atoms with Gasteiger partial charge in [-0.25, -0.2) is 19.6 Å². The van der Waals surface area contributed by atoms with E-state index in [2.05, 4.69) is 27.5 Å². The summed E-state index contributed by atoms with van der Waals surface area (Å²) in [7, 11) is 0. The largest absolute Gasteiger partial charge is 0.479 e. The number of allylic oxidation sites excluding steroid dienone is 1. The average molecular weight is 695 g/mol. The van der Waals surface area contributed by atoms with Gasteiger partial charge in [-0.3, -0.25) is 14.6 Å². The minimum atomic E-state index is -1.46. The number of nitrogens with zero attached hydrogens (tertiary/aromatic N) is 4. The Morgan fingerprint density at radius 2 is 1.84 bits per heavy atom. The molecule has 6 rings (SSSR count). The van der Waals surface area contributed by atoms with Gasteiger partial charge < -0.3 is 30.1 Å². The summed E-state index contributed by atoms with van der Waals surface area (Å²) in [5.41, 5.74) is -0.153. The van der Waals surface area contributed by atoms with Crippen molar-refractivity contribution in [1.82, 2.24) is 30.5 Å². The van der Waals surface area contributed by atoms with Gasteiger partial charge in [0.15, 0.2) is 5.69 Å². The molecule has 4 heterocycles. The van der Waals surface area contributed by atoms with Crippen molar-refractivity contribution >= 4 is 34.9 Å². The summed E-state index contributed by atoms with van der Waals surface area (Å²) in [4.78, 5) is 68.6. The molecule has 2 aromatic heterocycles. The van der Waals surface area contributed by atoms with Crippen molar-refractivity contribution in [3.63, 3.8) is 0 Å². The van der Waals surface area contributed by atoms with Crippen LogP contribution in [0.2, 0.25) is 0 Å². The number of carboxylic acid groups (broad SMARTS) is 1. The number of carboxylic acids is 1. The molecule has 0 bridgehead atoms. The number of aromatic nitrogens is 3. The number of hydrogen-bond acceptors (Lipinski definition) is 9. The summed E-state index contributed by atoms with van der Waals surface area (Å²) in [6, 6.07) is 8.78. The number of carbonyl (C=O) groups excluding carboxylic acids is 3. The molecule has 1 aliphatic carbocycles. The van der Waals surface area contributed by atoms with Gasteiger partial charge in [-0.1, -0.05) is 43.0 Å². The van der Waals surface area contributed by atoms with Crippen molar-refractivity contribution in [3.8, 4) is 17.7 Å². The molecular weight excluding hydrogens is 652 g/mol. The smallest absolute Gasteiger partial charge is 0.408 e. The third-order valence-electron chi connectivity index (χ3n) is 9.12. The average Bonchev–Trinajstić information content (AvgIpc) is 3.62. The molecule has 3 aliphatic rings. The van der Waals surface area contributed by atoms with E-state index in [0.29, 0.717) is 29.4 Å². The zero-order valence-electron chi connectivity index (χ0n) is 28.9. The van der Waals surface area contributed by atoms with Crippen LogP contribution in [0.15, 0.2) is 60.9 Å². The van der Waals surface area contributed by atoms with E-state index < -0.39 is 53.2 Å². The van der Waals surface area contributed by atoms with E-state index in [9.17, 15) is 24.3 Å². The van der Waals surface area contributed by atoms with Crippen LogP contribution in [-0.2, 0) is 19.1 Å². The maximum atomic E-state index is 14.4. The molecule has 1 aromatic carbocycles. The second kappa shape index (κ2) is 14.8. The Morgan fingerprint density at radius 1 is 1.06 bits per heavy atom. The molecule has 2 aliphatic heterocycles. The van der Waals surface area contributed by atoms with E-state index >= 15 is 0 Å². The standard InChI is InChI=1S/C38H42N6O7/c1-37(2,3)51-36(49)42-30-16-8-6-4-5-7-13-25-21-38(25,35(47)48)43-32(45)31-20-26(23-44(31)34(30)46)50-33-29(18-17-24-12-11-19-39-22-24)40-27-14-9-10-15-28(27)41-33/h7,9-15,19,22,25-26,30-31H,4-6,8,16,20-21,23H2,1-3H3,(H,42,49)(H,43,45)(H,47,48)/b13-7-/t25?,26-,30-,31?,38?/m1/s1. The highest BCUT2D eigenvalue weighted by atomic mass is 16.6. The topological polar surface area (TPSA) is 173 Å². The molecule has 266 valence electrons. The van der Waals surface area contributed by atoms with Crippen molar-refractivity contribution in [1.29, 1.82) is 0 Å². The summed E-state index contributed by atoms with van der Waals surface area (Å²) >= 11 is 0. The first-order valence-electron chi connectivity index (χ1n) is 17.3. The lowest BCUT2D eigenvalue weighted by Gasteiger charge is -2.30. The fraction of sp³-hybridized carbons (Fsp3) is 0.447. The van der Waals surface area contributed by atoms with Crippen LogP contribution in [0.4, 0.5) is 4.79 Å². The van der Waals surface area contributed by atoms with Gasteiger partial charge in [0.05, 0.1) is 17.6 Å². The predicted octanol–water partition coefficient (Wildman–Crippen LogP) is 4.15. The van der Waals surface area contributed by atoms with E-state index in [0.717, 1.165) is 19.3 Å². The molecule has 13 nitrogen and oxygen atoms in total. The van der Waals surface area contributed by atoms with Gasteiger partial charge in [0.1, 0.15) is 29.3 Å². The summed E-state index contributed by atoms with van der Waals surface area (Å²) in [5.74, 6) is 3.61. The van der Waals surface area contributed by atoms with Crippen LogP contribution in [0.5, 0.6) is 5.88 Å². The zero-order chi connectivity index (χ0) is 36.2. The SMILES string of the molecule is CC(C)(C)OC(=O)N[C@@H]1CCCCC/C=C\C2CC2(C(=O)O)NC(=O)C2C[C@@H](Oc3nc4ccccc4nc3C#Cc3cccnc3)CN2C1=O. The van der Waals surface area contributed by atoms with Crippen LogP contribution in [-0.4, -0.2) is 84.7 Å². The first-order chi connectivity index (χ1) is 24.4. The van der Waals surface area contributed by atoms with Gasteiger partial charge >= 0.3 is 12.1 Å². The molecule has 3 aromatic rings. The van der Waals surface area contributed by atoms with Crippen LogP contribution >= 0.6 is 0 Å². The molecule has 3 N–H and O–H groups in total. The quantitative estimate of drug-likeness (QED) is 0.266. The maximum Gasteiger partial charge on any atom is 0.408 e. The summed E-state index contributed by atoms with van der Waals surface area (Å²) < 4.78 is 11.9. The predicted molar refractivity (Wildman–Crippen MR) is 186 cm³/mol. The van der Waals surface area contributed by atoms with Gasteiger partial charge in [0.2, 0.25) is 17.7 Å². The van der Waals surface area contributed by atoms with Gasteiger partial charge in [-0.05, 0) is 76.6 Å². The Labute approximate surface area is 296 Å². The zero-order valence-corrected chi connectivity index (χ0v) is 28.9. The third-order valence-corrected chi connectivity index (χ3v) is 9.12. The molecule has 3 unspecified atom stereocenters. The fourth-order valence-electron chi connectivity index (χ4n) is 6.47. The molecule has 1 saturated heterocycles. The van der Waals surface area contributed by atoms with E-state index in [1.54, 1.807) is 45.3 Å². The van der Waals surface area contributed by atoms with Crippen molar-refractivity contribution in [3.05, 3.63) is 72.2 Å². The monoisotopic (exact) mass is 694 g/mol. The number of rotatable bonds is 4. The Hall–Kier alpha value is -5.51. The minimum absolute atomic E-state index is 0.0310. The maximum absolute atomic E-state index is 14.4. The van der Waals surface area contributed by atoms with E-state index in [4.69, 9.17) is 19.4 Å². The second-order valence-corrected chi connectivity index (χ2v) is 14.2. The van der Waals surface area contributed by atoms with Crippen LogP contribution < -0.4 is 15.4 Å². The number of amides is 3. The van der Waals surface area contributed by atoms with Gasteiger partial charge in [-0.2, -0.15) is 0 Å². The van der Waals surface area contributed by atoms with Crippen molar-refractivity contribution < 1.29 is 33.8 Å². The van der Waals surface area contributed by atoms with Crippen LogP contribution in [0.25, 0.3) is 11.0 Å². The number of ether oxygens (including phenoxy) is 2. The van der Waals surface area contributed by atoms with Crippen molar-refractivity contribution in [2.24, 2.45) is 5.92 Å². The van der Waals surface area contributed by atoms with Crippen LogP contribution in [0, 0.1) is 17.8 Å². The van der Waals surface area contributed by atoms with E-state index in [1.165, 1.54) is 4.90 Å². The number of pyridine rings is 1. The molecular formula is C38H42N6O7. The number of para-hydroxylation sites is 2. The Bertz CT molecular complexity index is 1900. The van der Waals surface area contributed by atoms with Crippen LogP contribution in [0.1, 0.15) is 77.0 Å². The van der Waals surface area contributed by atoms with Gasteiger partial charge in [-0.15, -0.1) is 0 Å². The summed E-state index contributed by atoms with van der Waals surface area (Å²) in [6.45, 7) is 5.16. The number of aliphatic carboxylic acids is 1. The molecule has 0 radical (unpaired) electrons. The van der Waals surface area contributed by atoms with Crippen LogP contribution in [0.3, 0.4) is 0 Å². The number of benzene rings is 1. The molecule has 3 amide bonds. The fourth-order valence-corrected chi connectivity index (χ4v) is 6.47. The third kappa shape index (κ3) is 8.45. The lowest BCUT2D eigenvalue weighted by Crippen LogP contribution is -2.56. The van der Waals surface area contributed by atoms with Gasteiger partial charge in [0.25, 0.3) is 0 Å². The highest BCUT2D eigenvalue weighted by Gasteiger charge is 2.61. The number of hydrogen-bond donors (Lipinski definition) is 3. The van der Waals surface area contributed by atoms with E-state index in [1.807, 2.05) is 36.4 Å². The lowest BCUT2D eigenvalue weighted by atomic mass is 10.0. The molecule has 5 atom stereocenters. The normalized spacial score (nSPS) is 25.8. The first kappa shape index (κ1) is 35.3. The van der Waals surface area contributed by atoms with Crippen molar-refractivity contribution in [2.45, 2.75) is 95.0 Å². The van der Waals surface area contributed by atoms with Crippen molar-refractivity contribution in [2.75, 3.05) is 6.54 Å². The highest BCUT2D eigenvalue weighted by molar-refractivity contribution is 5.96. The number of carbonyl (C=O) groups is 4. The molecule has 2 fully saturated rings. The molecule has 1 saturated carbocycles. The highest BCUT2D eigenvalue weighted by Crippen LogP contribution is 2.45. The number of nitrogens with one attached hydrogen (secondary N) is 2. The Morgan fingerprint density at radius 3 is 2.57 bits per heavy atom. The number of alkyl carbamates (subject to hydrolysis) is 1.